The van der Waals surface area contributed by atoms with E-state index in [1.165, 1.54) is 11.1 Å². The summed E-state index contributed by atoms with van der Waals surface area (Å²) in [5.74, 6) is 0. The normalized spacial score (nSPS) is 13.1. The molecule has 2 aromatic rings. The Bertz CT molecular complexity index is 417. The molecule has 1 atom stereocenters. The molecule has 0 saturated carbocycles. The number of hydrogen-bond acceptors (Lipinski definition) is 2. The van der Waals surface area contributed by atoms with Gasteiger partial charge in [0.05, 0.1) is 6.04 Å². The highest BCUT2D eigenvalue weighted by molar-refractivity contribution is 7.08. The highest BCUT2D eigenvalue weighted by atomic mass is 32.1. The molecule has 1 aromatic carbocycles. The second-order valence-electron chi connectivity index (χ2n) is 3.42. The fraction of sp³-hybridized carbons (Fsp3) is 0.154. The summed E-state index contributed by atoms with van der Waals surface area (Å²) in [4.78, 5) is 4.52. The number of thiophene rings is 1. The molecule has 0 spiro atoms. The van der Waals surface area contributed by atoms with Gasteiger partial charge in [0.1, 0.15) is 0 Å². The average Bonchev–Trinajstić information content (AvgIpc) is 2.80. The van der Waals surface area contributed by atoms with Crippen LogP contribution in [0, 0.1) is 0 Å². The Labute approximate surface area is 94.1 Å². The molecule has 0 radical (unpaired) electrons. The van der Waals surface area contributed by atoms with E-state index in [2.05, 4.69) is 40.9 Å². The summed E-state index contributed by atoms with van der Waals surface area (Å²) in [6.07, 6.45) is 1.94. The second-order valence-corrected chi connectivity index (χ2v) is 4.20. The van der Waals surface area contributed by atoms with Crippen molar-refractivity contribution in [1.82, 2.24) is 0 Å². The topological polar surface area (TPSA) is 12.4 Å². The minimum Gasteiger partial charge on any atom is -0.285 e. The molecule has 0 N–H and O–H groups in total. The molecule has 0 aliphatic carbocycles. The number of aliphatic imine (C=N–C) groups is 1. The molecule has 2 rings (SSSR count). The van der Waals surface area contributed by atoms with Gasteiger partial charge in [0.2, 0.25) is 0 Å². The fourth-order valence-corrected chi connectivity index (χ4v) is 1.97. The van der Waals surface area contributed by atoms with Gasteiger partial charge in [0, 0.05) is 11.8 Å². The van der Waals surface area contributed by atoms with Crippen molar-refractivity contribution in [2.75, 3.05) is 0 Å². The molecule has 0 amide bonds. The summed E-state index contributed by atoms with van der Waals surface area (Å²) in [6, 6.07) is 12.6. The average molecular weight is 215 g/mol. The molecule has 1 heterocycles. The molecule has 0 bridgehead atoms. The Morgan fingerprint density at radius 1 is 1.20 bits per heavy atom. The van der Waals surface area contributed by atoms with Gasteiger partial charge in [0.25, 0.3) is 0 Å². The molecule has 0 aliphatic rings. The predicted molar refractivity (Wildman–Crippen MR) is 66.8 cm³/mol. The van der Waals surface area contributed by atoms with E-state index in [1.54, 1.807) is 11.3 Å². The first-order valence-corrected chi connectivity index (χ1v) is 5.91. The summed E-state index contributed by atoms with van der Waals surface area (Å²) in [6.45, 7) is 2.11. The minimum atomic E-state index is 0.228. The van der Waals surface area contributed by atoms with Crippen molar-refractivity contribution in [2.24, 2.45) is 4.99 Å². The smallest absolute Gasteiger partial charge is 0.0721 e. The van der Waals surface area contributed by atoms with E-state index in [0.29, 0.717) is 0 Å². The number of benzene rings is 1. The zero-order chi connectivity index (χ0) is 10.5. The van der Waals surface area contributed by atoms with Crippen molar-refractivity contribution in [1.29, 1.82) is 0 Å². The molecule has 76 valence electrons. The molecule has 0 saturated heterocycles. The molecule has 15 heavy (non-hydrogen) atoms. The fourth-order valence-electron chi connectivity index (χ4n) is 1.36. The van der Waals surface area contributed by atoms with Crippen LogP contribution < -0.4 is 0 Å². The Balaban J connectivity index is 2.07. The molecular weight excluding hydrogens is 202 g/mol. The van der Waals surface area contributed by atoms with E-state index in [0.717, 1.165) is 0 Å². The van der Waals surface area contributed by atoms with Crippen molar-refractivity contribution in [3.05, 3.63) is 58.3 Å². The van der Waals surface area contributed by atoms with Crippen molar-refractivity contribution < 1.29 is 0 Å². The zero-order valence-electron chi connectivity index (χ0n) is 8.63. The lowest BCUT2D eigenvalue weighted by atomic mass is 10.1. The van der Waals surface area contributed by atoms with Gasteiger partial charge in [-0.05, 0) is 29.3 Å². The first kappa shape index (κ1) is 10.1. The highest BCUT2D eigenvalue weighted by Gasteiger charge is 1.99. The predicted octanol–water partition coefficient (Wildman–Crippen LogP) is 3.93. The van der Waals surface area contributed by atoms with Crippen LogP contribution in [0.25, 0.3) is 0 Å². The first-order valence-electron chi connectivity index (χ1n) is 4.96. The van der Waals surface area contributed by atoms with E-state index in [9.17, 15) is 0 Å². The Morgan fingerprint density at radius 3 is 2.67 bits per heavy atom. The molecule has 1 nitrogen and oxygen atoms in total. The Morgan fingerprint density at radius 2 is 2.00 bits per heavy atom. The Hall–Kier alpha value is -1.41. The van der Waals surface area contributed by atoms with Crippen LogP contribution in [0.15, 0.2) is 52.2 Å². The van der Waals surface area contributed by atoms with Crippen molar-refractivity contribution >= 4 is 17.6 Å². The highest BCUT2D eigenvalue weighted by Crippen LogP contribution is 2.15. The zero-order valence-corrected chi connectivity index (χ0v) is 9.45. The van der Waals surface area contributed by atoms with Gasteiger partial charge in [-0.3, -0.25) is 4.99 Å². The Kier molecular flexibility index (Phi) is 3.30. The SMILES string of the molecule is C[C@H](N=Cc1ccsc1)c1ccccc1. The van der Waals surface area contributed by atoms with Gasteiger partial charge >= 0.3 is 0 Å². The molecular formula is C13H13NS. The van der Waals surface area contributed by atoms with Gasteiger partial charge in [0.15, 0.2) is 0 Å². The monoisotopic (exact) mass is 215 g/mol. The summed E-state index contributed by atoms with van der Waals surface area (Å²) in [5.41, 5.74) is 2.44. The van der Waals surface area contributed by atoms with Crippen LogP contribution in [0.5, 0.6) is 0 Å². The maximum atomic E-state index is 4.52. The summed E-state index contributed by atoms with van der Waals surface area (Å²) in [7, 11) is 0. The van der Waals surface area contributed by atoms with Gasteiger partial charge in [-0.2, -0.15) is 11.3 Å². The third-order valence-electron chi connectivity index (χ3n) is 2.27. The largest absolute Gasteiger partial charge is 0.285 e. The molecule has 2 heteroatoms. The molecule has 0 unspecified atom stereocenters. The van der Waals surface area contributed by atoms with Gasteiger partial charge in [-0.1, -0.05) is 30.3 Å². The van der Waals surface area contributed by atoms with Crippen molar-refractivity contribution in [2.45, 2.75) is 13.0 Å². The quantitative estimate of drug-likeness (QED) is 0.688. The van der Waals surface area contributed by atoms with Crippen LogP contribution in [-0.2, 0) is 0 Å². The van der Waals surface area contributed by atoms with Crippen LogP contribution in [0.3, 0.4) is 0 Å². The van der Waals surface area contributed by atoms with Crippen molar-refractivity contribution in [3.8, 4) is 0 Å². The third-order valence-corrected chi connectivity index (χ3v) is 2.97. The van der Waals surface area contributed by atoms with Crippen molar-refractivity contribution in [3.63, 3.8) is 0 Å². The van der Waals surface area contributed by atoms with Gasteiger partial charge in [-0.15, -0.1) is 0 Å². The van der Waals surface area contributed by atoms with Crippen LogP contribution >= 0.6 is 11.3 Å². The van der Waals surface area contributed by atoms with Crippen LogP contribution in [0.1, 0.15) is 24.1 Å². The van der Waals surface area contributed by atoms with Crippen LogP contribution in [0.4, 0.5) is 0 Å². The van der Waals surface area contributed by atoms with Gasteiger partial charge in [-0.25, -0.2) is 0 Å². The number of nitrogens with zero attached hydrogens (tertiary/aromatic N) is 1. The number of hydrogen-bond donors (Lipinski definition) is 0. The first-order chi connectivity index (χ1) is 7.36. The lowest BCUT2D eigenvalue weighted by molar-refractivity contribution is 0.825. The summed E-state index contributed by atoms with van der Waals surface area (Å²) >= 11 is 1.70. The molecule has 1 aromatic heterocycles. The third kappa shape index (κ3) is 2.77. The van der Waals surface area contributed by atoms with Gasteiger partial charge < -0.3 is 0 Å². The molecule has 0 fully saturated rings. The van der Waals surface area contributed by atoms with Crippen LogP contribution in [0.2, 0.25) is 0 Å². The lowest BCUT2D eigenvalue weighted by Gasteiger charge is -2.04. The van der Waals surface area contributed by atoms with E-state index in [1.807, 2.05) is 24.4 Å². The summed E-state index contributed by atoms with van der Waals surface area (Å²) in [5, 5.41) is 4.16. The minimum absolute atomic E-state index is 0.228. The van der Waals surface area contributed by atoms with E-state index < -0.39 is 0 Å². The van der Waals surface area contributed by atoms with E-state index in [4.69, 9.17) is 0 Å². The molecule has 0 aliphatic heterocycles. The maximum absolute atomic E-state index is 4.52. The van der Waals surface area contributed by atoms with E-state index in [-0.39, 0.29) is 6.04 Å². The summed E-state index contributed by atoms with van der Waals surface area (Å²) < 4.78 is 0. The standard InChI is InChI=1S/C13H13NS/c1-11(13-5-3-2-4-6-13)14-9-12-7-8-15-10-12/h2-11H,1H3/t11-/m0/s1. The maximum Gasteiger partial charge on any atom is 0.0721 e. The second kappa shape index (κ2) is 4.89. The van der Waals surface area contributed by atoms with E-state index >= 15 is 0 Å². The number of rotatable bonds is 3. The lowest BCUT2D eigenvalue weighted by Crippen LogP contribution is -1.89. The van der Waals surface area contributed by atoms with Crippen LogP contribution in [-0.4, -0.2) is 6.21 Å².